The Kier molecular flexibility index (Phi) is 54.3. The van der Waals surface area contributed by atoms with E-state index in [2.05, 4.69) is 106 Å². The van der Waals surface area contributed by atoms with Gasteiger partial charge in [0.15, 0.2) is 6.10 Å². The molecule has 0 aliphatic heterocycles. The lowest BCUT2D eigenvalue weighted by atomic mass is 10.1. The molecule has 0 aromatic heterocycles. The fourth-order valence-corrected chi connectivity index (χ4v) is 7.93. The average molecular weight is 962 g/mol. The number of allylic oxidation sites excluding steroid dienone is 14. The van der Waals surface area contributed by atoms with Gasteiger partial charge in [0.1, 0.15) is 13.2 Å². The molecule has 0 fully saturated rings. The van der Waals surface area contributed by atoms with Crippen molar-refractivity contribution >= 4 is 17.9 Å². The van der Waals surface area contributed by atoms with E-state index in [9.17, 15) is 14.4 Å². The van der Waals surface area contributed by atoms with Crippen LogP contribution in [-0.2, 0) is 28.6 Å². The summed E-state index contributed by atoms with van der Waals surface area (Å²) in [5, 5.41) is 0. The van der Waals surface area contributed by atoms with Crippen LogP contribution in [-0.4, -0.2) is 37.2 Å². The minimum absolute atomic E-state index is 0.101. The molecule has 0 N–H and O–H groups in total. The van der Waals surface area contributed by atoms with Gasteiger partial charge in [-0.25, -0.2) is 0 Å². The first-order chi connectivity index (χ1) is 34.0. The van der Waals surface area contributed by atoms with Crippen molar-refractivity contribution in [1.82, 2.24) is 0 Å². The van der Waals surface area contributed by atoms with Crippen LogP contribution in [0.4, 0.5) is 0 Å². The van der Waals surface area contributed by atoms with Crippen LogP contribution in [0.5, 0.6) is 0 Å². The number of ether oxygens (including phenoxy) is 3. The summed E-state index contributed by atoms with van der Waals surface area (Å²) in [5.74, 6) is -0.961. The highest BCUT2D eigenvalue weighted by molar-refractivity contribution is 5.71. The van der Waals surface area contributed by atoms with Gasteiger partial charge in [0.05, 0.1) is 0 Å². The Morgan fingerprint density at radius 2 is 0.536 bits per heavy atom. The lowest BCUT2D eigenvalue weighted by Gasteiger charge is -2.18. The Bertz CT molecular complexity index is 1330. The van der Waals surface area contributed by atoms with E-state index in [-0.39, 0.29) is 37.5 Å². The molecule has 0 bridgehead atoms. The molecule has 0 saturated heterocycles. The SMILES string of the molecule is CCCCC/C=C/C/C=C/C/C=C/C/C=C/CCCC(=O)O[C@H](COC(=O)CCCCCCCCC/C=C/CCCCCC)COC(=O)CCCCCCCCCCC/C=C/C/C=C/CCCCC. The van der Waals surface area contributed by atoms with Crippen molar-refractivity contribution in [2.75, 3.05) is 13.2 Å². The van der Waals surface area contributed by atoms with E-state index in [0.717, 1.165) is 70.6 Å². The van der Waals surface area contributed by atoms with Crippen molar-refractivity contribution in [3.05, 3.63) is 85.1 Å². The monoisotopic (exact) mass is 961 g/mol. The van der Waals surface area contributed by atoms with Crippen LogP contribution in [0.25, 0.3) is 0 Å². The van der Waals surface area contributed by atoms with Crippen LogP contribution in [0.2, 0.25) is 0 Å². The highest BCUT2D eigenvalue weighted by Crippen LogP contribution is 2.15. The second kappa shape index (κ2) is 57.2. The summed E-state index contributed by atoms with van der Waals surface area (Å²) < 4.78 is 16.8. The Hall–Kier alpha value is -3.41. The zero-order valence-corrected chi connectivity index (χ0v) is 45.3. The second-order valence-electron chi connectivity index (χ2n) is 19.2. The van der Waals surface area contributed by atoms with Gasteiger partial charge in [-0.05, 0) is 116 Å². The molecular formula is C63H108O6. The van der Waals surface area contributed by atoms with E-state index >= 15 is 0 Å². The van der Waals surface area contributed by atoms with E-state index in [0.29, 0.717) is 19.3 Å². The van der Waals surface area contributed by atoms with Gasteiger partial charge in [-0.1, -0.05) is 228 Å². The lowest BCUT2D eigenvalue weighted by Crippen LogP contribution is -2.30. The summed E-state index contributed by atoms with van der Waals surface area (Å²) in [6.07, 6.45) is 74.3. The van der Waals surface area contributed by atoms with Gasteiger partial charge in [0, 0.05) is 19.3 Å². The number of hydrogen-bond donors (Lipinski definition) is 0. The highest BCUT2D eigenvalue weighted by atomic mass is 16.6. The maximum absolute atomic E-state index is 12.8. The average Bonchev–Trinajstić information content (AvgIpc) is 3.35. The van der Waals surface area contributed by atoms with Crippen molar-refractivity contribution in [3.63, 3.8) is 0 Å². The van der Waals surface area contributed by atoms with E-state index in [1.54, 1.807) is 0 Å². The van der Waals surface area contributed by atoms with E-state index in [4.69, 9.17) is 14.2 Å². The van der Waals surface area contributed by atoms with Crippen LogP contribution in [0.1, 0.15) is 278 Å². The predicted octanol–water partition coefficient (Wildman–Crippen LogP) is 19.5. The Morgan fingerprint density at radius 3 is 0.899 bits per heavy atom. The molecule has 0 spiro atoms. The zero-order chi connectivity index (χ0) is 50.0. The molecule has 0 saturated carbocycles. The first-order valence-electron chi connectivity index (χ1n) is 29.1. The Balaban J connectivity index is 4.46. The third kappa shape index (κ3) is 55.4. The Labute approximate surface area is 426 Å². The number of carbonyl (C=O) groups is 3. The fourth-order valence-electron chi connectivity index (χ4n) is 7.93. The molecule has 69 heavy (non-hydrogen) atoms. The van der Waals surface area contributed by atoms with Crippen LogP contribution in [0.15, 0.2) is 85.1 Å². The van der Waals surface area contributed by atoms with Gasteiger partial charge >= 0.3 is 17.9 Å². The highest BCUT2D eigenvalue weighted by Gasteiger charge is 2.19. The molecule has 0 aromatic rings. The van der Waals surface area contributed by atoms with Crippen LogP contribution in [0, 0.1) is 0 Å². The molecule has 0 rings (SSSR count). The van der Waals surface area contributed by atoms with Crippen LogP contribution < -0.4 is 0 Å². The first-order valence-corrected chi connectivity index (χ1v) is 29.1. The van der Waals surface area contributed by atoms with E-state index in [1.165, 1.54) is 161 Å². The summed E-state index contributed by atoms with van der Waals surface area (Å²) in [6, 6.07) is 0. The molecule has 0 heterocycles. The number of hydrogen-bond acceptors (Lipinski definition) is 6. The van der Waals surface area contributed by atoms with Crippen LogP contribution >= 0.6 is 0 Å². The summed E-state index contributed by atoms with van der Waals surface area (Å²) in [4.78, 5) is 38.2. The largest absolute Gasteiger partial charge is 0.462 e. The molecular weight excluding hydrogens is 853 g/mol. The summed E-state index contributed by atoms with van der Waals surface area (Å²) in [5.41, 5.74) is 0. The minimum Gasteiger partial charge on any atom is -0.462 e. The first kappa shape index (κ1) is 65.6. The van der Waals surface area contributed by atoms with E-state index in [1.807, 2.05) is 0 Å². The van der Waals surface area contributed by atoms with Gasteiger partial charge in [-0.2, -0.15) is 0 Å². The molecule has 0 unspecified atom stereocenters. The molecule has 1 atom stereocenters. The van der Waals surface area contributed by atoms with Gasteiger partial charge in [-0.3, -0.25) is 14.4 Å². The molecule has 6 nitrogen and oxygen atoms in total. The summed E-state index contributed by atoms with van der Waals surface area (Å²) in [7, 11) is 0. The second-order valence-corrected chi connectivity index (χ2v) is 19.2. The van der Waals surface area contributed by atoms with Crippen molar-refractivity contribution in [2.45, 2.75) is 284 Å². The number of esters is 3. The maximum atomic E-state index is 12.8. The maximum Gasteiger partial charge on any atom is 0.306 e. The van der Waals surface area contributed by atoms with Gasteiger partial charge in [-0.15, -0.1) is 0 Å². The molecule has 0 radical (unpaired) electrons. The van der Waals surface area contributed by atoms with Gasteiger partial charge < -0.3 is 14.2 Å². The van der Waals surface area contributed by atoms with Crippen molar-refractivity contribution < 1.29 is 28.6 Å². The third-order valence-electron chi connectivity index (χ3n) is 12.3. The van der Waals surface area contributed by atoms with E-state index < -0.39 is 6.10 Å². The standard InChI is InChI=1S/C63H108O6/c1-4-7-10-13-16-19-22-25-28-30-31-33-35-38-41-44-47-50-53-56-62(65)68-59-60(58-67-61(64)55-52-49-46-43-40-37-34-27-24-21-18-15-12-9-6-3)69-63(66)57-54-51-48-45-42-39-36-32-29-26-23-20-17-14-11-8-5-2/h16-17,19-21,24-26,28-29,36,39,45,48,60H,4-15,18,22-23,27,30-35,37-38,40-44,46-47,49-59H2,1-3H3/b19-16+,20-17+,24-21+,28-25+,29-26+,39-36+,48-45+/t60-/m1/s1. The fraction of sp³-hybridized carbons (Fsp3) is 0.730. The third-order valence-corrected chi connectivity index (χ3v) is 12.3. The zero-order valence-electron chi connectivity index (χ0n) is 45.3. The molecule has 0 aliphatic carbocycles. The van der Waals surface area contributed by atoms with Crippen LogP contribution in [0.3, 0.4) is 0 Å². The number of carbonyl (C=O) groups excluding carboxylic acids is 3. The smallest absolute Gasteiger partial charge is 0.306 e. The quantitative estimate of drug-likeness (QED) is 0.0262. The van der Waals surface area contributed by atoms with Gasteiger partial charge in [0.25, 0.3) is 0 Å². The summed E-state index contributed by atoms with van der Waals surface area (Å²) >= 11 is 0. The number of unbranched alkanes of at least 4 members (excludes halogenated alkanes) is 27. The lowest BCUT2D eigenvalue weighted by molar-refractivity contribution is -0.167. The minimum atomic E-state index is -0.809. The topological polar surface area (TPSA) is 78.9 Å². The van der Waals surface area contributed by atoms with Crippen molar-refractivity contribution in [2.24, 2.45) is 0 Å². The molecule has 0 amide bonds. The molecule has 0 aliphatic rings. The normalized spacial score (nSPS) is 12.7. The molecule has 396 valence electrons. The summed E-state index contributed by atoms with van der Waals surface area (Å²) in [6.45, 7) is 6.54. The van der Waals surface area contributed by atoms with Crippen molar-refractivity contribution in [3.8, 4) is 0 Å². The molecule has 0 aromatic carbocycles. The molecule has 6 heteroatoms. The van der Waals surface area contributed by atoms with Gasteiger partial charge in [0.2, 0.25) is 0 Å². The Morgan fingerprint density at radius 1 is 0.290 bits per heavy atom. The predicted molar refractivity (Wildman–Crippen MR) is 297 cm³/mol. The number of rotatable bonds is 52. The van der Waals surface area contributed by atoms with Crippen molar-refractivity contribution in [1.29, 1.82) is 0 Å².